The number of carbonyl (C=O) groups excluding carboxylic acids is 1. The van der Waals surface area contributed by atoms with Gasteiger partial charge in [0.05, 0.1) is 42.4 Å². The molecule has 26 heavy (non-hydrogen) atoms. The van der Waals surface area contributed by atoms with Gasteiger partial charge in [-0.3, -0.25) is 9.88 Å². The molecule has 10 heteroatoms. The minimum absolute atomic E-state index is 0.0631. The van der Waals surface area contributed by atoms with E-state index >= 15 is 0 Å². The van der Waals surface area contributed by atoms with Crippen LogP contribution in [0.25, 0.3) is 11.3 Å². The molecule has 7 nitrogen and oxygen atoms in total. The van der Waals surface area contributed by atoms with Crippen LogP contribution in [0.15, 0.2) is 30.6 Å². The summed E-state index contributed by atoms with van der Waals surface area (Å²) in [5.74, 6) is -2.28. The van der Waals surface area contributed by atoms with Crippen LogP contribution in [0.5, 0.6) is 0 Å². The third kappa shape index (κ3) is 3.58. The molecule has 1 fully saturated rings. The summed E-state index contributed by atoms with van der Waals surface area (Å²) in [5, 5.41) is 8.88. The summed E-state index contributed by atoms with van der Waals surface area (Å²) in [4.78, 5) is 31.8. The van der Waals surface area contributed by atoms with Gasteiger partial charge in [-0.15, -0.1) is 0 Å². The maximum atomic E-state index is 13.4. The zero-order chi connectivity index (χ0) is 18.8. The van der Waals surface area contributed by atoms with Gasteiger partial charge >= 0.3 is 12.1 Å². The minimum atomic E-state index is -2.97. The first-order valence-corrected chi connectivity index (χ1v) is 7.42. The van der Waals surface area contributed by atoms with Crippen molar-refractivity contribution in [2.45, 2.75) is 19.1 Å². The molecule has 0 radical (unpaired) electrons. The number of hydrogen-bond acceptors (Lipinski definition) is 5. The van der Waals surface area contributed by atoms with Gasteiger partial charge in [-0.25, -0.2) is 27.7 Å². The number of carboxylic acids is 1. The molecular weight excluding hydrogens is 355 g/mol. The molecule has 2 heterocycles. The van der Waals surface area contributed by atoms with Gasteiger partial charge in [-0.1, -0.05) is 0 Å². The Labute approximate surface area is 145 Å². The van der Waals surface area contributed by atoms with Crippen molar-refractivity contribution >= 4 is 12.1 Å². The van der Waals surface area contributed by atoms with Crippen LogP contribution in [0.1, 0.15) is 17.7 Å². The molecule has 1 aliphatic heterocycles. The molecule has 136 valence electrons. The van der Waals surface area contributed by atoms with Crippen molar-refractivity contribution in [2.24, 2.45) is 0 Å². The smallest absolute Gasteiger partial charge is 0.411 e. The highest BCUT2D eigenvalue weighted by Gasteiger charge is 2.36. The second kappa shape index (κ2) is 6.98. The van der Waals surface area contributed by atoms with E-state index in [0.717, 1.165) is 17.0 Å². The summed E-state index contributed by atoms with van der Waals surface area (Å²) in [6.07, 6.45) is -2.37. The van der Waals surface area contributed by atoms with E-state index < -0.39 is 36.0 Å². The highest BCUT2D eigenvalue weighted by molar-refractivity contribution is 5.81. The minimum Gasteiger partial charge on any atom is -0.478 e. The second-order valence-corrected chi connectivity index (χ2v) is 5.52. The van der Waals surface area contributed by atoms with Crippen LogP contribution in [0.2, 0.25) is 0 Å². The fraction of sp³-hybridized carbons (Fsp3) is 0.250. The molecule has 1 amide bonds. The Morgan fingerprint density at radius 3 is 2.81 bits per heavy atom. The molecule has 0 bridgehead atoms. The first kappa shape index (κ1) is 17.6. The summed E-state index contributed by atoms with van der Waals surface area (Å²) < 4.78 is 43.8. The number of nitrogens with zero attached hydrogens (tertiary/aromatic N) is 3. The number of halogens is 3. The van der Waals surface area contributed by atoms with E-state index in [-0.39, 0.29) is 24.3 Å². The van der Waals surface area contributed by atoms with Crippen LogP contribution in [0.3, 0.4) is 0 Å². The lowest BCUT2D eigenvalue weighted by atomic mass is 10.1. The second-order valence-electron chi connectivity index (χ2n) is 5.52. The monoisotopic (exact) mass is 367 g/mol. The molecule has 1 aromatic heterocycles. The molecule has 1 aliphatic rings. The first-order chi connectivity index (χ1) is 12.3. The number of rotatable bonds is 5. The zero-order valence-corrected chi connectivity index (χ0v) is 13.1. The van der Waals surface area contributed by atoms with Crippen molar-refractivity contribution in [2.75, 3.05) is 6.54 Å². The molecule has 2 aromatic rings. The van der Waals surface area contributed by atoms with Crippen molar-refractivity contribution in [3.05, 3.63) is 47.7 Å². The lowest BCUT2D eigenvalue weighted by Gasteiger charge is -2.12. The number of cyclic esters (lactones) is 1. The predicted molar refractivity (Wildman–Crippen MR) is 80.7 cm³/mol. The average molecular weight is 367 g/mol. The molecule has 0 aliphatic carbocycles. The molecule has 0 spiro atoms. The van der Waals surface area contributed by atoms with Gasteiger partial charge in [-0.05, 0) is 18.2 Å². The van der Waals surface area contributed by atoms with Gasteiger partial charge in [0.1, 0.15) is 5.82 Å². The molecule has 3 rings (SSSR count). The van der Waals surface area contributed by atoms with Crippen LogP contribution < -0.4 is 0 Å². The first-order valence-electron chi connectivity index (χ1n) is 7.42. The molecule has 1 N–H and O–H groups in total. The number of ether oxygens (including phenoxy) is 1. The summed E-state index contributed by atoms with van der Waals surface area (Å²) in [5.41, 5.74) is 0.00532. The number of alkyl halides is 2. The van der Waals surface area contributed by atoms with E-state index in [0.29, 0.717) is 5.69 Å². The molecule has 1 unspecified atom stereocenters. The number of carbonyl (C=O) groups is 2. The quantitative estimate of drug-likeness (QED) is 0.873. The third-order valence-electron chi connectivity index (χ3n) is 3.73. The fourth-order valence-corrected chi connectivity index (χ4v) is 2.45. The summed E-state index contributed by atoms with van der Waals surface area (Å²) in [6.45, 7) is -0.210. The maximum Gasteiger partial charge on any atom is 0.411 e. The third-order valence-corrected chi connectivity index (χ3v) is 3.73. The van der Waals surface area contributed by atoms with Crippen LogP contribution in [-0.2, 0) is 16.1 Å². The number of aromatic nitrogens is 2. The van der Waals surface area contributed by atoms with Gasteiger partial charge in [0, 0.05) is 5.56 Å². The number of carboxylic acid groups (broad SMARTS) is 1. The van der Waals surface area contributed by atoms with E-state index in [9.17, 15) is 22.8 Å². The number of aliphatic carboxylic acids is 1. The van der Waals surface area contributed by atoms with E-state index in [1.165, 1.54) is 18.5 Å². The topological polar surface area (TPSA) is 92.6 Å². The molecule has 1 atom stereocenters. The lowest BCUT2D eigenvalue weighted by Crippen LogP contribution is -2.27. The Morgan fingerprint density at radius 1 is 1.38 bits per heavy atom. The summed E-state index contributed by atoms with van der Waals surface area (Å²) in [7, 11) is 0. The molecular formula is C16H12F3N3O4. The lowest BCUT2D eigenvalue weighted by molar-refractivity contribution is -0.144. The predicted octanol–water partition coefficient (Wildman–Crippen LogP) is 2.63. The fourth-order valence-electron chi connectivity index (χ4n) is 2.45. The highest BCUT2D eigenvalue weighted by Crippen LogP contribution is 2.27. The van der Waals surface area contributed by atoms with Crippen LogP contribution in [0, 0.1) is 5.82 Å². The Hall–Kier alpha value is -3.17. The van der Waals surface area contributed by atoms with Gasteiger partial charge in [-0.2, -0.15) is 0 Å². The molecule has 1 aromatic carbocycles. The van der Waals surface area contributed by atoms with Crippen molar-refractivity contribution in [3.63, 3.8) is 0 Å². The van der Waals surface area contributed by atoms with Crippen molar-refractivity contribution in [3.8, 4) is 11.3 Å². The average Bonchev–Trinajstić information content (AvgIpc) is 2.96. The van der Waals surface area contributed by atoms with Gasteiger partial charge in [0.2, 0.25) is 6.10 Å². The zero-order valence-electron chi connectivity index (χ0n) is 13.1. The van der Waals surface area contributed by atoms with Crippen LogP contribution in [0.4, 0.5) is 18.0 Å². The van der Waals surface area contributed by atoms with Gasteiger partial charge < -0.3 is 9.84 Å². The van der Waals surface area contributed by atoms with Crippen molar-refractivity contribution < 1.29 is 32.6 Å². The SMILES string of the molecule is O=C(O)C1CN(Cc2cncc(-c3ccc(F)c(C(F)F)c3)n2)C(=O)O1. The number of hydrogen-bond donors (Lipinski definition) is 1. The molecule has 1 saturated heterocycles. The summed E-state index contributed by atoms with van der Waals surface area (Å²) >= 11 is 0. The van der Waals surface area contributed by atoms with E-state index in [1.54, 1.807) is 0 Å². The highest BCUT2D eigenvalue weighted by atomic mass is 19.3. The standard InChI is InChI=1S/C16H12F3N3O4/c17-11-2-1-8(3-10(11)14(18)19)12-5-20-4-9(21-12)6-22-7-13(15(23)24)26-16(22)25/h1-5,13-14H,6-7H2,(H,23,24). The van der Waals surface area contributed by atoms with Crippen molar-refractivity contribution in [1.29, 1.82) is 0 Å². The van der Waals surface area contributed by atoms with Gasteiger partial charge in [0.25, 0.3) is 6.43 Å². The summed E-state index contributed by atoms with van der Waals surface area (Å²) in [6, 6.07) is 3.19. The van der Waals surface area contributed by atoms with E-state index in [1.807, 2.05) is 0 Å². The normalized spacial score (nSPS) is 16.8. The Balaban J connectivity index is 1.82. The van der Waals surface area contributed by atoms with E-state index in [2.05, 4.69) is 9.97 Å². The molecule has 0 saturated carbocycles. The Bertz CT molecular complexity index is 862. The Kier molecular flexibility index (Phi) is 4.74. The van der Waals surface area contributed by atoms with E-state index in [4.69, 9.17) is 9.84 Å². The Morgan fingerprint density at radius 2 is 2.15 bits per heavy atom. The maximum absolute atomic E-state index is 13.4. The number of benzene rings is 1. The van der Waals surface area contributed by atoms with Crippen molar-refractivity contribution in [1.82, 2.24) is 14.9 Å². The van der Waals surface area contributed by atoms with Crippen LogP contribution in [-0.4, -0.2) is 44.7 Å². The van der Waals surface area contributed by atoms with Gasteiger partial charge in [0.15, 0.2) is 0 Å². The largest absolute Gasteiger partial charge is 0.478 e. The van der Waals surface area contributed by atoms with Crippen LogP contribution >= 0.6 is 0 Å². The number of amides is 1.